The second-order valence-corrected chi connectivity index (χ2v) is 4.98. The van der Waals surface area contributed by atoms with Gasteiger partial charge in [0.15, 0.2) is 0 Å². The zero-order valence-corrected chi connectivity index (χ0v) is 10.7. The fourth-order valence-corrected chi connectivity index (χ4v) is 2.48. The minimum absolute atomic E-state index is 0.0945. The molecule has 1 aromatic heterocycles. The van der Waals surface area contributed by atoms with E-state index in [1.165, 1.54) is 0 Å². The fraction of sp³-hybridized carbons (Fsp3) is 0.429. The number of aliphatic hydroxyl groups excluding tert-OH is 1. The van der Waals surface area contributed by atoms with Crippen LogP contribution in [0.3, 0.4) is 0 Å². The highest BCUT2D eigenvalue weighted by Gasteiger charge is 2.24. The molecule has 2 aromatic rings. The molecule has 1 atom stereocenters. The average Bonchev–Trinajstić information content (AvgIpc) is 3.01. The van der Waals surface area contributed by atoms with Crippen molar-refractivity contribution in [3.8, 4) is 0 Å². The molecule has 0 aliphatic carbocycles. The number of para-hydroxylation sites is 2. The van der Waals surface area contributed by atoms with Crippen LogP contribution in [-0.2, 0) is 11.2 Å². The number of hydrogen-bond acceptors (Lipinski definition) is 3. The van der Waals surface area contributed by atoms with Crippen molar-refractivity contribution < 1.29 is 9.90 Å². The number of aryl methyl sites for hydroxylation is 1. The van der Waals surface area contributed by atoms with Crippen molar-refractivity contribution in [1.29, 1.82) is 0 Å². The summed E-state index contributed by atoms with van der Waals surface area (Å²) in [6, 6.07) is 7.84. The van der Waals surface area contributed by atoms with Gasteiger partial charge in [0.25, 0.3) is 0 Å². The molecule has 100 valence electrons. The number of imidazole rings is 1. The van der Waals surface area contributed by atoms with Crippen LogP contribution in [0.25, 0.3) is 11.0 Å². The molecule has 19 heavy (non-hydrogen) atoms. The molecule has 5 nitrogen and oxygen atoms in total. The van der Waals surface area contributed by atoms with Crippen LogP contribution in [0, 0.1) is 0 Å². The topological polar surface area (TPSA) is 69.2 Å². The monoisotopic (exact) mass is 259 g/mol. The van der Waals surface area contributed by atoms with Crippen LogP contribution in [0.1, 0.15) is 18.7 Å². The van der Waals surface area contributed by atoms with E-state index in [1.807, 2.05) is 24.3 Å². The number of fused-ring (bicyclic) bond motifs is 1. The number of nitrogens with zero attached hydrogens (tertiary/aromatic N) is 2. The molecule has 1 saturated heterocycles. The zero-order chi connectivity index (χ0) is 13.2. The second kappa shape index (κ2) is 5.01. The van der Waals surface area contributed by atoms with Gasteiger partial charge in [-0.25, -0.2) is 4.98 Å². The quantitative estimate of drug-likeness (QED) is 0.867. The Morgan fingerprint density at radius 3 is 3.05 bits per heavy atom. The molecule has 1 aromatic carbocycles. The first-order chi connectivity index (χ1) is 9.22. The third-order valence-corrected chi connectivity index (χ3v) is 3.53. The van der Waals surface area contributed by atoms with Crippen molar-refractivity contribution in [2.45, 2.75) is 25.4 Å². The van der Waals surface area contributed by atoms with E-state index in [1.54, 1.807) is 4.90 Å². The minimum Gasteiger partial charge on any atom is -0.391 e. The summed E-state index contributed by atoms with van der Waals surface area (Å²) in [5.41, 5.74) is 1.93. The van der Waals surface area contributed by atoms with Gasteiger partial charge >= 0.3 is 0 Å². The highest BCUT2D eigenvalue weighted by molar-refractivity contribution is 5.77. The normalized spacial score (nSPS) is 19.2. The van der Waals surface area contributed by atoms with Gasteiger partial charge in [-0.3, -0.25) is 4.79 Å². The van der Waals surface area contributed by atoms with E-state index < -0.39 is 0 Å². The molecular weight excluding hydrogens is 242 g/mol. The maximum Gasteiger partial charge on any atom is 0.223 e. The van der Waals surface area contributed by atoms with E-state index in [4.69, 9.17) is 0 Å². The van der Waals surface area contributed by atoms with Crippen LogP contribution in [0.5, 0.6) is 0 Å². The Morgan fingerprint density at radius 2 is 2.32 bits per heavy atom. The molecule has 3 rings (SSSR count). The standard InChI is InChI=1S/C14H17N3O2/c18-10-7-8-17(9-10)14(19)6-5-13-15-11-3-1-2-4-12(11)16-13/h1-4,10,18H,5-9H2,(H,15,16). The highest BCUT2D eigenvalue weighted by Crippen LogP contribution is 2.14. The van der Waals surface area contributed by atoms with Crippen LogP contribution in [0.15, 0.2) is 24.3 Å². The van der Waals surface area contributed by atoms with E-state index >= 15 is 0 Å². The SMILES string of the molecule is O=C(CCc1nc2ccccc2[nH]1)N1CCC(O)C1. The van der Waals surface area contributed by atoms with E-state index in [0.717, 1.165) is 16.9 Å². The summed E-state index contributed by atoms with van der Waals surface area (Å²) < 4.78 is 0. The molecule has 0 saturated carbocycles. The van der Waals surface area contributed by atoms with Crippen molar-refractivity contribution in [3.05, 3.63) is 30.1 Å². The summed E-state index contributed by atoms with van der Waals surface area (Å²) in [6.45, 7) is 1.14. The Labute approximate surface area is 111 Å². The molecule has 1 unspecified atom stereocenters. The van der Waals surface area contributed by atoms with Gasteiger partial charge in [-0.15, -0.1) is 0 Å². The third-order valence-electron chi connectivity index (χ3n) is 3.53. The number of benzene rings is 1. The van der Waals surface area contributed by atoms with Gasteiger partial charge in [0, 0.05) is 25.9 Å². The Bertz CT molecular complexity index is 560. The Kier molecular flexibility index (Phi) is 3.21. The van der Waals surface area contributed by atoms with E-state index in [2.05, 4.69) is 9.97 Å². The van der Waals surface area contributed by atoms with Gasteiger partial charge in [-0.1, -0.05) is 12.1 Å². The van der Waals surface area contributed by atoms with Crippen molar-refractivity contribution in [3.63, 3.8) is 0 Å². The molecule has 1 amide bonds. The van der Waals surface area contributed by atoms with Gasteiger partial charge in [0.1, 0.15) is 5.82 Å². The highest BCUT2D eigenvalue weighted by atomic mass is 16.3. The molecule has 2 N–H and O–H groups in total. The molecule has 0 bridgehead atoms. The number of likely N-dealkylation sites (tertiary alicyclic amines) is 1. The lowest BCUT2D eigenvalue weighted by Crippen LogP contribution is -2.29. The molecule has 1 fully saturated rings. The lowest BCUT2D eigenvalue weighted by atomic mass is 10.2. The summed E-state index contributed by atoms with van der Waals surface area (Å²) in [6.07, 6.45) is 1.39. The van der Waals surface area contributed by atoms with E-state index in [9.17, 15) is 9.90 Å². The van der Waals surface area contributed by atoms with Crippen LogP contribution in [-0.4, -0.2) is 45.1 Å². The Hall–Kier alpha value is -1.88. The lowest BCUT2D eigenvalue weighted by molar-refractivity contribution is -0.130. The minimum atomic E-state index is -0.352. The van der Waals surface area contributed by atoms with Gasteiger partial charge in [-0.05, 0) is 18.6 Å². The van der Waals surface area contributed by atoms with Crippen molar-refractivity contribution in [1.82, 2.24) is 14.9 Å². The molecule has 5 heteroatoms. The van der Waals surface area contributed by atoms with Crippen molar-refractivity contribution in [2.24, 2.45) is 0 Å². The van der Waals surface area contributed by atoms with Crippen molar-refractivity contribution >= 4 is 16.9 Å². The van der Waals surface area contributed by atoms with Crippen LogP contribution in [0.2, 0.25) is 0 Å². The maximum atomic E-state index is 12.0. The fourth-order valence-electron chi connectivity index (χ4n) is 2.48. The summed E-state index contributed by atoms with van der Waals surface area (Å²) in [7, 11) is 0. The number of rotatable bonds is 3. The van der Waals surface area contributed by atoms with Gasteiger partial charge < -0.3 is 15.0 Å². The smallest absolute Gasteiger partial charge is 0.223 e. The number of aromatic nitrogens is 2. The third kappa shape index (κ3) is 2.61. The average molecular weight is 259 g/mol. The van der Waals surface area contributed by atoms with E-state index in [0.29, 0.717) is 32.4 Å². The predicted octanol–water partition coefficient (Wildman–Crippen LogP) is 1.09. The maximum absolute atomic E-state index is 12.0. The first-order valence-corrected chi connectivity index (χ1v) is 6.62. The first-order valence-electron chi connectivity index (χ1n) is 6.62. The number of carbonyl (C=O) groups is 1. The molecule has 0 radical (unpaired) electrons. The number of aliphatic hydroxyl groups is 1. The molecular formula is C14H17N3O2. The van der Waals surface area contributed by atoms with Gasteiger partial charge in [0.2, 0.25) is 5.91 Å². The van der Waals surface area contributed by atoms with Crippen molar-refractivity contribution in [2.75, 3.05) is 13.1 Å². The molecule has 0 spiro atoms. The predicted molar refractivity (Wildman–Crippen MR) is 71.6 cm³/mol. The second-order valence-electron chi connectivity index (χ2n) is 4.98. The summed E-state index contributed by atoms with van der Waals surface area (Å²) in [4.78, 5) is 21.4. The van der Waals surface area contributed by atoms with Crippen LogP contribution >= 0.6 is 0 Å². The summed E-state index contributed by atoms with van der Waals surface area (Å²) in [5, 5.41) is 9.42. The number of hydrogen-bond donors (Lipinski definition) is 2. The van der Waals surface area contributed by atoms with Crippen LogP contribution < -0.4 is 0 Å². The largest absolute Gasteiger partial charge is 0.391 e. The summed E-state index contributed by atoms with van der Waals surface area (Å²) in [5.74, 6) is 0.936. The van der Waals surface area contributed by atoms with Crippen LogP contribution in [0.4, 0.5) is 0 Å². The number of β-amino-alcohol motifs (C(OH)–C–C–N with tert-alkyl or cyclic N) is 1. The van der Waals surface area contributed by atoms with E-state index in [-0.39, 0.29) is 12.0 Å². The molecule has 1 aliphatic rings. The number of carbonyl (C=O) groups excluding carboxylic acids is 1. The Morgan fingerprint density at radius 1 is 1.47 bits per heavy atom. The van der Waals surface area contributed by atoms with Gasteiger partial charge in [0.05, 0.1) is 17.1 Å². The number of amides is 1. The van der Waals surface area contributed by atoms with Gasteiger partial charge in [-0.2, -0.15) is 0 Å². The summed E-state index contributed by atoms with van der Waals surface area (Å²) >= 11 is 0. The Balaban J connectivity index is 1.61. The lowest BCUT2D eigenvalue weighted by Gasteiger charge is -2.14. The molecule has 2 heterocycles. The zero-order valence-electron chi connectivity index (χ0n) is 10.7. The molecule has 1 aliphatic heterocycles. The first kappa shape index (κ1) is 12.2. The number of H-pyrrole nitrogens is 1. The number of nitrogens with one attached hydrogen (secondary N) is 1. The number of aromatic amines is 1.